The van der Waals surface area contributed by atoms with Crippen molar-refractivity contribution in [1.29, 1.82) is 0 Å². The number of nitrogens with one attached hydrogen (secondary N) is 1. The first-order chi connectivity index (χ1) is 16.9. The van der Waals surface area contributed by atoms with Gasteiger partial charge in [-0.1, -0.05) is 76.4 Å². The van der Waals surface area contributed by atoms with Gasteiger partial charge < -0.3 is 15.0 Å². The molecule has 1 aliphatic carbocycles. The molecule has 2 amide bonds. The Kier molecular flexibility index (Phi) is 10.6. The number of carbonyl (C=O) groups is 2. The first-order valence-corrected chi connectivity index (χ1v) is 13.7. The van der Waals surface area contributed by atoms with Crippen molar-refractivity contribution in [2.75, 3.05) is 13.2 Å². The minimum absolute atomic E-state index is 0.0525. The highest BCUT2D eigenvalue weighted by atomic mass is 79.9. The zero-order valence-electron chi connectivity index (χ0n) is 21.3. The highest BCUT2D eigenvalue weighted by Crippen LogP contribution is 2.29. The van der Waals surface area contributed by atoms with Gasteiger partial charge in [-0.15, -0.1) is 0 Å². The summed E-state index contributed by atoms with van der Waals surface area (Å²) in [6.45, 7) is 6.60. The van der Waals surface area contributed by atoms with E-state index in [2.05, 4.69) is 47.2 Å². The van der Waals surface area contributed by atoms with Gasteiger partial charge in [0.05, 0.1) is 4.47 Å². The number of ether oxygens (including phenoxy) is 1. The summed E-state index contributed by atoms with van der Waals surface area (Å²) in [6.07, 6.45) is 6.81. The molecule has 35 heavy (non-hydrogen) atoms. The summed E-state index contributed by atoms with van der Waals surface area (Å²) >= 11 is 3.57. The molecule has 1 atom stereocenters. The van der Waals surface area contributed by atoms with Crippen LogP contribution in [0.3, 0.4) is 0 Å². The third kappa shape index (κ3) is 8.09. The van der Waals surface area contributed by atoms with Crippen LogP contribution in [0.25, 0.3) is 0 Å². The number of nitrogens with zero attached hydrogens (tertiary/aromatic N) is 1. The van der Waals surface area contributed by atoms with Crippen LogP contribution in [0.15, 0.2) is 53.0 Å². The quantitative estimate of drug-likeness (QED) is 0.365. The standard InChI is InChI=1S/C29H39BrN2O3/c1-4-26(29(34)31-24-13-9-6-10-14-24)32(18-17-22-11-7-5-8-12-22)28(33)20-35-27-16-15-23(21(2)3)19-25(27)30/h5,7-8,11-12,15-16,19,21,24,26H,4,6,9-10,13-14,17-18,20H2,1-3H3,(H,31,34)/t26-/m1/s1. The van der Waals surface area contributed by atoms with Gasteiger partial charge in [-0.25, -0.2) is 0 Å². The van der Waals surface area contributed by atoms with E-state index < -0.39 is 6.04 Å². The van der Waals surface area contributed by atoms with Gasteiger partial charge in [0.15, 0.2) is 6.61 Å². The molecule has 0 aliphatic heterocycles. The normalized spacial score (nSPS) is 15.0. The predicted octanol–water partition coefficient (Wildman–Crippen LogP) is 6.25. The van der Waals surface area contributed by atoms with Gasteiger partial charge in [-0.05, 0) is 70.8 Å². The lowest BCUT2D eigenvalue weighted by atomic mass is 9.95. The number of amides is 2. The van der Waals surface area contributed by atoms with Crippen LogP contribution in [0.1, 0.15) is 76.3 Å². The zero-order valence-corrected chi connectivity index (χ0v) is 22.9. The van der Waals surface area contributed by atoms with E-state index in [-0.39, 0.29) is 24.5 Å². The molecule has 1 saturated carbocycles. The van der Waals surface area contributed by atoms with Crippen molar-refractivity contribution >= 4 is 27.7 Å². The van der Waals surface area contributed by atoms with Gasteiger partial charge in [0, 0.05) is 12.6 Å². The summed E-state index contributed by atoms with van der Waals surface area (Å²) in [6, 6.07) is 15.7. The topological polar surface area (TPSA) is 58.6 Å². The van der Waals surface area contributed by atoms with Gasteiger partial charge >= 0.3 is 0 Å². The summed E-state index contributed by atoms with van der Waals surface area (Å²) in [4.78, 5) is 28.4. The summed E-state index contributed by atoms with van der Waals surface area (Å²) in [7, 11) is 0. The van der Waals surface area contributed by atoms with Crippen LogP contribution in [0.2, 0.25) is 0 Å². The predicted molar refractivity (Wildman–Crippen MR) is 145 cm³/mol. The lowest BCUT2D eigenvalue weighted by Crippen LogP contribution is -2.53. The Morgan fingerprint density at radius 1 is 1.09 bits per heavy atom. The maximum absolute atomic E-state index is 13.4. The number of hydrogen-bond donors (Lipinski definition) is 1. The molecule has 2 aromatic rings. The van der Waals surface area contributed by atoms with Gasteiger partial charge in [0.2, 0.25) is 5.91 Å². The number of rotatable bonds is 11. The van der Waals surface area contributed by atoms with Gasteiger partial charge in [-0.3, -0.25) is 9.59 Å². The van der Waals surface area contributed by atoms with E-state index in [1.54, 1.807) is 4.90 Å². The second kappa shape index (κ2) is 13.7. The van der Waals surface area contributed by atoms with Crippen LogP contribution < -0.4 is 10.1 Å². The van der Waals surface area contributed by atoms with E-state index in [9.17, 15) is 9.59 Å². The molecule has 1 aliphatic rings. The molecule has 3 rings (SSSR count). The minimum Gasteiger partial charge on any atom is -0.483 e. The van der Waals surface area contributed by atoms with Gasteiger partial charge in [-0.2, -0.15) is 0 Å². The molecule has 0 heterocycles. The Hall–Kier alpha value is -2.34. The fourth-order valence-corrected chi connectivity index (χ4v) is 5.17. The van der Waals surface area contributed by atoms with Crippen LogP contribution in [0.5, 0.6) is 5.75 Å². The summed E-state index contributed by atoms with van der Waals surface area (Å²) in [5.74, 6) is 0.809. The van der Waals surface area contributed by atoms with E-state index in [1.807, 2.05) is 43.3 Å². The number of carbonyl (C=O) groups excluding carboxylic acids is 2. The van der Waals surface area contributed by atoms with Crippen molar-refractivity contribution in [2.24, 2.45) is 0 Å². The second-order valence-corrected chi connectivity index (χ2v) is 10.6. The largest absolute Gasteiger partial charge is 0.483 e. The smallest absolute Gasteiger partial charge is 0.261 e. The lowest BCUT2D eigenvalue weighted by Gasteiger charge is -2.32. The first-order valence-electron chi connectivity index (χ1n) is 12.9. The molecule has 6 heteroatoms. The Labute approximate surface area is 218 Å². The first kappa shape index (κ1) is 27.3. The van der Waals surface area contributed by atoms with E-state index in [1.165, 1.54) is 12.0 Å². The van der Waals surface area contributed by atoms with Crippen molar-refractivity contribution in [2.45, 2.75) is 83.7 Å². The lowest BCUT2D eigenvalue weighted by molar-refractivity contribution is -0.142. The van der Waals surface area contributed by atoms with Crippen molar-refractivity contribution < 1.29 is 14.3 Å². The Balaban J connectivity index is 1.71. The number of halogens is 1. The highest BCUT2D eigenvalue weighted by molar-refractivity contribution is 9.10. The van der Waals surface area contributed by atoms with Crippen LogP contribution in [0, 0.1) is 0 Å². The van der Waals surface area contributed by atoms with Crippen molar-refractivity contribution in [3.8, 4) is 5.75 Å². The molecule has 0 saturated heterocycles. The van der Waals surface area contributed by atoms with E-state index in [4.69, 9.17) is 4.74 Å². The molecule has 1 fully saturated rings. The monoisotopic (exact) mass is 542 g/mol. The van der Waals surface area contributed by atoms with Crippen LogP contribution in [-0.2, 0) is 16.0 Å². The Morgan fingerprint density at radius 3 is 2.43 bits per heavy atom. The molecule has 0 radical (unpaired) electrons. The van der Waals surface area contributed by atoms with Crippen molar-refractivity contribution in [3.05, 3.63) is 64.1 Å². The molecule has 2 aromatic carbocycles. The van der Waals surface area contributed by atoms with Crippen molar-refractivity contribution in [1.82, 2.24) is 10.2 Å². The molecule has 0 aromatic heterocycles. The molecular weight excluding hydrogens is 504 g/mol. The average molecular weight is 544 g/mol. The molecule has 0 unspecified atom stereocenters. The third-order valence-corrected chi connectivity index (χ3v) is 7.42. The average Bonchev–Trinajstić information content (AvgIpc) is 2.86. The van der Waals surface area contributed by atoms with E-state index in [0.717, 1.165) is 35.7 Å². The fourth-order valence-electron chi connectivity index (χ4n) is 4.66. The summed E-state index contributed by atoms with van der Waals surface area (Å²) in [5.41, 5.74) is 2.34. The molecule has 1 N–H and O–H groups in total. The SMILES string of the molecule is CC[C@H](C(=O)NC1CCCCC1)N(CCc1ccccc1)C(=O)COc1ccc(C(C)C)cc1Br. The molecule has 0 bridgehead atoms. The third-order valence-electron chi connectivity index (χ3n) is 6.80. The Morgan fingerprint density at radius 2 is 1.80 bits per heavy atom. The highest BCUT2D eigenvalue weighted by Gasteiger charge is 2.30. The fraction of sp³-hybridized carbons (Fsp3) is 0.517. The number of benzene rings is 2. The van der Waals surface area contributed by atoms with Gasteiger partial charge in [0.25, 0.3) is 5.91 Å². The molecular formula is C29H39BrN2O3. The summed E-state index contributed by atoms with van der Waals surface area (Å²) < 4.78 is 6.75. The second-order valence-electron chi connectivity index (χ2n) is 9.72. The summed E-state index contributed by atoms with van der Waals surface area (Å²) in [5, 5.41) is 3.22. The molecule has 0 spiro atoms. The van der Waals surface area contributed by atoms with Crippen LogP contribution >= 0.6 is 15.9 Å². The van der Waals surface area contributed by atoms with Crippen molar-refractivity contribution in [3.63, 3.8) is 0 Å². The Bertz CT molecular complexity index is 958. The molecule has 190 valence electrons. The van der Waals surface area contributed by atoms with E-state index in [0.29, 0.717) is 31.1 Å². The van der Waals surface area contributed by atoms with Crippen LogP contribution in [0.4, 0.5) is 0 Å². The zero-order chi connectivity index (χ0) is 25.2. The van der Waals surface area contributed by atoms with E-state index >= 15 is 0 Å². The maximum Gasteiger partial charge on any atom is 0.261 e. The van der Waals surface area contributed by atoms with Crippen LogP contribution in [-0.4, -0.2) is 41.9 Å². The maximum atomic E-state index is 13.4. The molecule has 5 nitrogen and oxygen atoms in total. The minimum atomic E-state index is -0.511. The number of hydrogen-bond acceptors (Lipinski definition) is 3. The van der Waals surface area contributed by atoms with Gasteiger partial charge in [0.1, 0.15) is 11.8 Å².